The maximum Gasteiger partial charge on any atom is 0.343 e. The summed E-state index contributed by atoms with van der Waals surface area (Å²) in [5, 5.41) is 8.55. The molecule has 0 aliphatic carbocycles. The molecule has 1 N–H and O–H groups in total. The third-order valence-corrected chi connectivity index (χ3v) is 2.75. The van der Waals surface area contributed by atoms with E-state index in [1.165, 1.54) is 13.8 Å². The van der Waals surface area contributed by atoms with Crippen molar-refractivity contribution in [2.24, 2.45) is 0 Å². The van der Waals surface area contributed by atoms with Crippen LogP contribution < -0.4 is 0 Å². The molecule has 100 valence electrons. The number of alkyl halides is 1. The van der Waals surface area contributed by atoms with Crippen LogP contribution in [-0.2, 0) is 17.6 Å². The Labute approximate surface area is 101 Å². The summed E-state index contributed by atoms with van der Waals surface area (Å²) in [5.41, 5.74) is -1.22. The summed E-state index contributed by atoms with van der Waals surface area (Å²) >= 11 is 0. The Morgan fingerprint density at radius 3 is 1.94 bits per heavy atom. The summed E-state index contributed by atoms with van der Waals surface area (Å²) in [6, 6.07) is 0. The van der Waals surface area contributed by atoms with Gasteiger partial charge in [0.25, 0.3) is 0 Å². The molecule has 0 amide bonds. The van der Waals surface area contributed by atoms with Crippen LogP contribution in [0.5, 0.6) is 0 Å². The Morgan fingerprint density at radius 2 is 1.56 bits per heavy atom. The molecule has 0 saturated heterocycles. The minimum atomic E-state index is -2.71. The highest BCUT2D eigenvalue weighted by Crippen LogP contribution is 2.32. The molecule has 0 fully saturated rings. The predicted octanol–water partition coefficient (Wildman–Crippen LogP) is 3.32. The molecule has 0 aromatic heterocycles. The van der Waals surface area contributed by atoms with Crippen molar-refractivity contribution < 1.29 is 27.5 Å². The fraction of sp³-hybridized carbons (Fsp3) is 0.417. The lowest BCUT2D eigenvalue weighted by atomic mass is 9.93. The summed E-state index contributed by atoms with van der Waals surface area (Å²) in [4.78, 5) is 10.6. The first kappa shape index (κ1) is 14.5. The van der Waals surface area contributed by atoms with Gasteiger partial charge in [0.15, 0.2) is 17.5 Å². The number of aliphatic carboxylic acids is 1. The standard InChI is InChI=1S/C12H12F4O2/c1-3-5-6(4-2)8(13)11(16)9(14)7(5)10(15)12(17)18/h10H,3-4H2,1-2H3,(H,17,18). The van der Waals surface area contributed by atoms with Crippen molar-refractivity contribution in [3.8, 4) is 0 Å². The third-order valence-electron chi connectivity index (χ3n) is 2.75. The Morgan fingerprint density at radius 1 is 1.06 bits per heavy atom. The largest absolute Gasteiger partial charge is 0.479 e. The second kappa shape index (κ2) is 5.37. The van der Waals surface area contributed by atoms with Crippen LogP contribution in [0.4, 0.5) is 17.6 Å². The second-order valence-corrected chi connectivity index (χ2v) is 3.72. The maximum atomic E-state index is 13.5. The maximum absolute atomic E-state index is 13.5. The van der Waals surface area contributed by atoms with Crippen molar-refractivity contribution in [3.05, 3.63) is 34.1 Å². The van der Waals surface area contributed by atoms with E-state index in [9.17, 15) is 22.4 Å². The van der Waals surface area contributed by atoms with Gasteiger partial charge in [-0.3, -0.25) is 0 Å². The molecule has 0 aliphatic heterocycles. The number of halogens is 4. The summed E-state index contributed by atoms with van der Waals surface area (Å²) in [5.74, 6) is -6.91. The zero-order valence-corrected chi connectivity index (χ0v) is 9.86. The molecular formula is C12H12F4O2. The van der Waals surface area contributed by atoms with Crippen LogP contribution in [0, 0.1) is 17.5 Å². The van der Waals surface area contributed by atoms with Gasteiger partial charge < -0.3 is 5.11 Å². The van der Waals surface area contributed by atoms with Crippen LogP contribution in [0.2, 0.25) is 0 Å². The monoisotopic (exact) mass is 264 g/mol. The molecule has 18 heavy (non-hydrogen) atoms. The van der Waals surface area contributed by atoms with Gasteiger partial charge in [0, 0.05) is 5.56 Å². The number of carbonyl (C=O) groups is 1. The lowest BCUT2D eigenvalue weighted by Gasteiger charge is -2.16. The Kier molecular flexibility index (Phi) is 4.32. The van der Waals surface area contributed by atoms with E-state index in [-0.39, 0.29) is 24.0 Å². The van der Waals surface area contributed by atoms with Gasteiger partial charge in [-0.25, -0.2) is 22.4 Å². The quantitative estimate of drug-likeness (QED) is 0.669. The topological polar surface area (TPSA) is 37.3 Å². The first-order valence-electron chi connectivity index (χ1n) is 5.41. The van der Waals surface area contributed by atoms with Gasteiger partial charge in [-0.05, 0) is 24.0 Å². The average Bonchev–Trinajstić information content (AvgIpc) is 2.34. The van der Waals surface area contributed by atoms with E-state index >= 15 is 0 Å². The zero-order valence-electron chi connectivity index (χ0n) is 9.86. The number of carboxylic acids is 1. The molecule has 2 nitrogen and oxygen atoms in total. The third kappa shape index (κ3) is 2.19. The Hall–Kier alpha value is -1.59. The molecule has 6 heteroatoms. The number of carboxylic acid groups (broad SMARTS) is 1. The molecule has 0 radical (unpaired) electrons. The lowest BCUT2D eigenvalue weighted by molar-refractivity contribution is -0.143. The van der Waals surface area contributed by atoms with Crippen molar-refractivity contribution in [2.45, 2.75) is 32.9 Å². The van der Waals surface area contributed by atoms with Crippen molar-refractivity contribution in [3.63, 3.8) is 0 Å². The van der Waals surface area contributed by atoms with E-state index in [1.54, 1.807) is 0 Å². The van der Waals surface area contributed by atoms with Gasteiger partial charge in [-0.1, -0.05) is 13.8 Å². The van der Waals surface area contributed by atoms with Crippen LogP contribution in [0.25, 0.3) is 0 Å². The minimum Gasteiger partial charge on any atom is -0.479 e. The van der Waals surface area contributed by atoms with Crippen LogP contribution in [0.15, 0.2) is 0 Å². The van der Waals surface area contributed by atoms with Crippen molar-refractivity contribution >= 4 is 5.97 Å². The molecule has 1 unspecified atom stereocenters. The summed E-state index contributed by atoms with van der Waals surface area (Å²) < 4.78 is 53.7. The Bertz CT molecular complexity index is 486. The normalized spacial score (nSPS) is 12.6. The fourth-order valence-electron chi connectivity index (χ4n) is 1.93. The van der Waals surface area contributed by atoms with E-state index < -0.39 is 35.2 Å². The van der Waals surface area contributed by atoms with E-state index in [0.717, 1.165) is 0 Å². The highest BCUT2D eigenvalue weighted by molar-refractivity contribution is 5.75. The van der Waals surface area contributed by atoms with Crippen molar-refractivity contribution in [1.82, 2.24) is 0 Å². The highest BCUT2D eigenvalue weighted by atomic mass is 19.2. The lowest BCUT2D eigenvalue weighted by Crippen LogP contribution is -2.16. The van der Waals surface area contributed by atoms with E-state index in [0.29, 0.717) is 0 Å². The molecule has 0 heterocycles. The van der Waals surface area contributed by atoms with Crippen LogP contribution in [0.1, 0.15) is 36.7 Å². The summed E-state index contributed by atoms with van der Waals surface area (Å²) in [6.07, 6.45) is -2.67. The van der Waals surface area contributed by atoms with E-state index in [1.807, 2.05) is 0 Å². The van der Waals surface area contributed by atoms with Gasteiger partial charge in [-0.2, -0.15) is 0 Å². The molecule has 0 saturated carbocycles. The SMILES string of the molecule is CCc1c(F)c(F)c(F)c(C(F)C(=O)O)c1CC. The van der Waals surface area contributed by atoms with Crippen LogP contribution in [0.3, 0.4) is 0 Å². The van der Waals surface area contributed by atoms with Crippen LogP contribution in [-0.4, -0.2) is 11.1 Å². The van der Waals surface area contributed by atoms with E-state index in [4.69, 9.17) is 5.11 Å². The first-order valence-corrected chi connectivity index (χ1v) is 5.41. The molecule has 1 aromatic carbocycles. The summed E-state index contributed by atoms with van der Waals surface area (Å²) in [7, 11) is 0. The number of rotatable bonds is 4. The smallest absolute Gasteiger partial charge is 0.343 e. The van der Waals surface area contributed by atoms with Gasteiger partial charge in [-0.15, -0.1) is 0 Å². The predicted molar refractivity (Wildman–Crippen MR) is 56.6 cm³/mol. The molecule has 1 aromatic rings. The second-order valence-electron chi connectivity index (χ2n) is 3.72. The molecule has 1 atom stereocenters. The number of hydrogen-bond acceptors (Lipinski definition) is 1. The first-order chi connectivity index (χ1) is 8.36. The molecular weight excluding hydrogens is 252 g/mol. The van der Waals surface area contributed by atoms with Crippen LogP contribution >= 0.6 is 0 Å². The zero-order chi connectivity index (χ0) is 14.0. The van der Waals surface area contributed by atoms with Gasteiger partial charge in [0.1, 0.15) is 0 Å². The average molecular weight is 264 g/mol. The van der Waals surface area contributed by atoms with Crippen molar-refractivity contribution in [1.29, 1.82) is 0 Å². The van der Waals surface area contributed by atoms with Gasteiger partial charge in [0.2, 0.25) is 6.17 Å². The molecule has 0 bridgehead atoms. The Balaban J connectivity index is 3.68. The number of benzene rings is 1. The highest BCUT2D eigenvalue weighted by Gasteiger charge is 2.31. The fourth-order valence-corrected chi connectivity index (χ4v) is 1.93. The molecule has 0 aliphatic rings. The van der Waals surface area contributed by atoms with E-state index in [2.05, 4.69) is 0 Å². The van der Waals surface area contributed by atoms with Gasteiger partial charge >= 0.3 is 5.97 Å². The molecule has 0 spiro atoms. The summed E-state index contributed by atoms with van der Waals surface area (Å²) in [6.45, 7) is 2.98. The van der Waals surface area contributed by atoms with Gasteiger partial charge in [0.05, 0.1) is 0 Å². The van der Waals surface area contributed by atoms with Crippen molar-refractivity contribution in [2.75, 3.05) is 0 Å². The minimum absolute atomic E-state index is 0.0142. The molecule has 1 rings (SSSR count). The number of hydrogen-bond donors (Lipinski definition) is 1.